The van der Waals surface area contributed by atoms with Crippen LogP contribution in [-0.2, 0) is 11.2 Å². The highest BCUT2D eigenvalue weighted by Crippen LogP contribution is 2.25. The molecule has 1 aromatic heterocycles. The van der Waals surface area contributed by atoms with Crippen LogP contribution in [-0.4, -0.2) is 39.8 Å². The third-order valence-corrected chi connectivity index (χ3v) is 4.20. The molecule has 1 unspecified atom stereocenters. The molecule has 0 radical (unpaired) electrons. The van der Waals surface area contributed by atoms with Crippen LogP contribution in [0.5, 0.6) is 0 Å². The van der Waals surface area contributed by atoms with Crippen molar-refractivity contribution in [2.75, 3.05) is 13.1 Å². The molecular formula is C16H18N4O4. The van der Waals surface area contributed by atoms with E-state index in [2.05, 4.69) is 4.98 Å². The Balaban J connectivity index is 1.67. The summed E-state index contributed by atoms with van der Waals surface area (Å²) in [7, 11) is 0. The van der Waals surface area contributed by atoms with Crippen molar-refractivity contribution in [3.8, 4) is 11.3 Å². The zero-order valence-electron chi connectivity index (χ0n) is 13.1. The van der Waals surface area contributed by atoms with E-state index in [-0.39, 0.29) is 17.6 Å². The lowest BCUT2D eigenvalue weighted by Crippen LogP contribution is -2.41. The summed E-state index contributed by atoms with van der Waals surface area (Å²) < 4.78 is 5.68. The van der Waals surface area contributed by atoms with Crippen molar-refractivity contribution in [2.45, 2.75) is 25.3 Å². The van der Waals surface area contributed by atoms with E-state index in [0.717, 1.165) is 19.4 Å². The van der Waals surface area contributed by atoms with Crippen molar-refractivity contribution in [2.24, 2.45) is 5.73 Å². The zero-order valence-corrected chi connectivity index (χ0v) is 13.1. The Kier molecular flexibility index (Phi) is 4.57. The van der Waals surface area contributed by atoms with E-state index in [9.17, 15) is 14.9 Å². The summed E-state index contributed by atoms with van der Waals surface area (Å²) in [6, 6.07) is 6.01. The maximum Gasteiger partial charge on any atom is 0.270 e. The van der Waals surface area contributed by atoms with Gasteiger partial charge in [-0.1, -0.05) is 12.1 Å². The van der Waals surface area contributed by atoms with Gasteiger partial charge in [0, 0.05) is 30.7 Å². The summed E-state index contributed by atoms with van der Waals surface area (Å²) >= 11 is 0. The first kappa shape index (κ1) is 16.1. The minimum absolute atomic E-state index is 0.00631. The number of benzene rings is 1. The number of oxazole rings is 1. The Morgan fingerprint density at radius 2 is 2.33 bits per heavy atom. The number of non-ortho nitro benzene ring substituents is 1. The van der Waals surface area contributed by atoms with Gasteiger partial charge in [0.1, 0.15) is 0 Å². The number of primary amides is 1. The fourth-order valence-corrected chi connectivity index (χ4v) is 2.99. The summed E-state index contributed by atoms with van der Waals surface area (Å²) in [4.78, 5) is 28.0. The number of rotatable bonds is 6. The van der Waals surface area contributed by atoms with Gasteiger partial charge >= 0.3 is 0 Å². The second kappa shape index (κ2) is 6.79. The molecule has 1 aliphatic heterocycles. The van der Waals surface area contributed by atoms with Crippen LogP contribution in [0.4, 0.5) is 5.69 Å². The number of nitrogens with zero attached hydrogens (tertiary/aromatic N) is 3. The summed E-state index contributed by atoms with van der Waals surface area (Å²) in [5, 5.41) is 10.8. The molecule has 1 fully saturated rings. The molecule has 0 bridgehead atoms. The number of nitrogens with two attached hydrogens (primary N) is 1. The fraction of sp³-hybridized carbons (Fsp3) is 0.375. The second-order valence-corrected chi connectivity index (χ2v) is 5.77. The molecule has 0 saturated carbocycles. The average molecular weight is 330 g/mol. The number of nitro groups is 1. The number of hydrogen-bond donors (Lipinski definition) is 1. The Bertz CT molecular complexity index is 758. The largest absolute Gasteiger partial charge is 0.441 e. The number of likely N-dealkylation sites (tertiary alicyclic amines) is 1. The zero-order chi connectivity index (χ0) is 17.1. The number of carbonyl (C=O) groups excluding carboxylic acids is 1. The highest BCUT2D eigenvalue weighted by Gasteiger charge is 2.28. The summed E-state index contributed by atoms with van der Waals surface area (Å²) in [6.07, 6.45) is 3.86. The quantitative estimate of drug-likeness (QED) is 0.637. The van der Waals surface area contributed by atoms with Gasteiger partial charge in [0.15, 0.2) is 11.7 Å². The summed E-state index contributed by atoms with van der Waals surface area (Å²) in [6.45, 7) is 1.48. The molecule has 1 saturated heterocycles. The molecule has 1 aromatic carbocycles. The van der Waals surface area contributed by atoms with E-state index in [1.807, 2.05) is 4.90 Å². The first-order valence-electron chi connectivity index (χ1n) is 7.77. The lowest BCUT2D eigenvalue weighted by Gasteiger charge is -2.20. The van der Waals surface area contributed by atoms with E-state index >= 15 is 0 Å². The Labute approximate surface area is 138 Å². The highest BCUT2D eigenvalue weighted by atomic mass is 16.6. The van der Waals surface area contributed by atoms with E-state index in [0.29, 0.717) is 30.2 Å². The third-order valence-electron chi connectivity index (χ3n) is 4.20. The van der Waals surface area contributed by atoms with Gasteiger partial charge in [0.2, 0.25) is 5.91 Å². The van der Waals surface area contributed by atoms with Gasteiger partial charge in [-0.15, -0.1) is 0 Å². The molecule has 1 aliphatic rings. The molecule has 2 aromatic rings. The van der Waals surface area contributed by atoms with Gasteiger partial charge in [-0.25, -0.2) is 4.98 Å². The molecule has 0 aliphatic carbocycles. The van der Waals surface area contributed by atoms with Crippen LogP contribution >= 0.6 is 0 Å². The van der Waals surface area contributed by atoms with Gasteiger partial charge in [-0.05, 0) is 19.4 Å². The van der Waals surface area contributed by atoms with Gasteiger partial charge in [0.05, 0.1) is 17.2 Å². The second-order valence-electron chi connectivity index (χ2n) is 5.77. The van der Waals surface area contributed by atoms with Gasteiger partial charge in [0.25, 0.3) is 5.69 Å². The van der Waals surface area contributed by atoms with Crippen LogP contribution in [0.15, 0.2) is 34.9 Å². The van der Waals surface area contributed by atoms with Crippen molar-refractivity contribution >= 4 is 11.6 Å². The van der Waals surface area contributed by atoms with Crippen LogP contribution in [0.3, 0.4) is 0 Å². The van der Waals surface area contributed by atoms with Crippen molar-refractivity contribution in [1.82, 2.24) is 9.88 Å². The number of carbonyl (C=O) groups is 1. The average Bonchev–Trinajstić information content (AvgIpc) is 3.22. The Morgan fingerprint density at radius 1 is 1.50 bits per heavy atom. The predicted octanol–water partition coefficient (Wildman–Crippen LogP) is 1.74. The van der Waals surface area contributed by atoms with E-state index < -0.39 is 4.92 Å². The minimum Gasteiger partial charge on any atom is -0.441 e. The van der Waals surface area contributed by atoms with Crippen LogP contribution in [0.25, 0.3) is 11.3 Å². The lowest BCUT2D eigenvalue weighted by molar-refractivity contribution is -0.384. The van der Waals surface area contributed by atoms with Crippen molar-refractivity contribution < 1.29 is 14.1 Å². The maximum absolute atomic E-state index is 11.4. The Hall–Kier alpha value is -2.74. The molecule has 1 atom stereocenters. The number of amides is 1. The topological polar surface area (TPSA) is 116 Å². The standard InChI is InChI=1S/C16H18N4O4/c17-16(21)13-5-2-7-19(13)8-6-15-18-10-14(24-15)11-3-1-4-12(9-11)20(22)23/h1,3-4,9-10,13H,2,5-8H2,(H2,17,21). The molecule has 2 N–H and O–H groups in total. The van der Waals surface area contributed by atoms with Crippen molar-refractivity contribution in [1.29, 1.82) is 0 Å². The smallest absolute Gasteiger partial charge is 0.270 e. The highest BCUT2D eigenvalue weighted by molar-refractivity contribution is 5.80. The number of aromatic nitrogens is 1. The number of hydrogen-bond acceptors (Lipinski definition) is 6. The van der Waals surface area contributed by atoms with Crippen LogP contribution in [0.1, 0.15) is 18.7 Å². The molecule has 0 spiro atoms. The molecule has 2 heterocycles. The molecule has 1 amide bonds. The minimum atomic E-state index is -0.446. The first-order chi connectivity index (χ1) is 11.5. The predicted molar refractivity (Wildman–Crippen MR) is 86.1 cm³/mol. The number of nitro benzene ring substituents is 1. The molecule has 8 nitrogen and oxygen atoms in total. The summed E-state index contributed by atoms with van der Waals surface area (Å²) in [5.41, 5.74) is 6.02. The van der Waals surface area contributed by atoms with Crippen molar-refractivity contribution in [3.63, 3.8) is 0 Å². The summed E-state index contributed by atoms with van der Waals surface area (Å²) in [5.74, 6) is 0.727. The lowest BCUT2D eigenvalue weighted by atomic mass is 10.2. The monoisotopic (exact) mass is 330 g/mol. The normalized spacial score (nSPS) is 17.9. The molecule has 24 heavy (non-hydrogen) atoms. The van der Waals surface area contributed by atoms with Crippen LogP contribution in [0.2, 0.25) is 0 Å². The maximum atomic E-state index is 11.4. The van der Waals surface area contributed by atoms with E-state index in [4.69, 9.17) is 10.2 Å². The fourth-order valence-electron chi connectivity index (χ4n) is 2.99. The van der Waals surface area contributed by atoms with Crippen LogP contribution < -0.4 is 5.73 Å². The van der Waals surface area contributed by atoms with Gasteiger partial charge in [-0.2, -0.15) is 0 Å². The molecule has 8 heteroatoms. The Morgan fingerprint density at radius 3 is 3.08 bits per heavy atom. The van der Waals surface area contributed by atoms with Gasteiger partial charge in [-0.3, -0.25) is 19.8 Å². The van der Waals surface area contributed by atoms with E-state index in [1.165, 1.54) is 12.1 Å². The third kappa shape index (κ3) is 3.43. The molecule has 3 rings (SSSR count). The molecular weight excluding hydrogens is 312 g/mol. The van der Waals surface area contributed by atoms with Crippen LogP contribution in [0, 0.1) is 10.1 Å². The van der Waals surface area contributed by atoms with Crippen molar-refractivity contribution in [3.05, 3.63) is 46.5 Å². The van der Waals surface area contributed by atoms with Gasteiger partial charge < -0.3 is 10.2 Å². The first-order valence-corrected chi connectivity index (χ1v) is 7.77. The molecule has 126 valence electrons. The SMILES string of the molecule is NC(=O)C1CCCN1CCc1ncc(-c2cccc([N+](=O)[O-])c2)o1. The van der Waals surface area contributed by atoms with E-state index in [1.54, 1.807) is 18.3 Å².